The molecule has 2 saturated carbocycles. The molecule has 2 aliphatic carbocycles. The molecule has 0 atom stereocenters. The van der Waals surface area contributed by atoms with Gasteiger partial charge in [-0.05, 0) is 49.8 Å². The van der Waals surface area contributed by atoms with Gasteiger partial charge < -0.3 is 9.09 Å². The van der Waals surface area contributed by atoms with Crippen LogP contribution in [0.4, 0.5) is 0 Å². The van der Waals surface area contributed by atoms with Crippen LogP contribution in [-0.2, 0) is 13.0 Å². The molecule has 0 spiro atoms. The number of rotatable bonds is 4. The van der Waals surface area contributed by atoms with E-state index < -0.39 is 0 Å². The van der Waals surface area contributed by atoms with Crippen molar-refractivity contribution in [2.45, 2.75) is 44.6 Å². The molecule has 4 heterocycles. The molecule has 0 bridgehead atoms. The van der Waals surface area contributed by atoms with Gasteiger partial charge in [0.15, 0.2) is 11.5 Å². The van der Waals surface area contributed by atoms with E-state index in [1.54, 1.807) is 0 Å². The summed E-state index contributed by atoms with van der Waals surface area (Å²) in [4.78, 5) is 9.31. The Labute approximate surface area is 177 Å². The second-order valence-corrected chi connectivity index (χ2v) is 9.08. The fourth-order valence-corrected chi connectivity index (χ4v) is 4.51. The van der Waals surface area contributed by atoms with E-state index in [-0.39, 0.29) is 0 Å². The normalized spacial score (nSPS) is 17.4. The van der Waals surface area contributed by atoms with E-state index in [0.29, 0.717) is 23.3 Å². The Balaban J connectivity index is 1.40. The standard InChI is InChI=1S/C22H19ClN6O/c23-15-5-6-17-16(8-15)19-14(10-28(26-19)9-12-1-2-12)7-18-20(24-11-29(17)18)22-25-21(27-30-22)13-3-4-13/h5-6,8,10-13H,1-4,7,9H2. The summed E-state index contributed by atoms with van der Waals surface area (Å²) in [6.07, 6.45) is 9.57. The number of fused-ring (bicyclic) bond motifs is 5. The first kappa shape index (κ1) is 16.8. The van der Waals surface area contributed by atoms with Crippen LogP contribution in [-0.4, -0.2) is 29.5 Å². The SMILES string of the molecule is Clc1ccc2c(c1)-c1nn(CC3CC3)cc1Cc1c(-c3nc(C4CC4)no3)ncn1-2. The second-order valence-electron chi connectivity index (χ2n) is 8.65. The predicted octanol–water partition coefficient (Wildman–Crippen LogP) is 4.63. The Bertz CT molecular complexity index is 1290. The largest absolute Gasteiger partial charge is 0.332 e. The number of benzene rings is 1. The van der Waals surface area contributed by atoms with Crippen LogP contribution in [0.5, 0.6) is 0 Å². The van der Waals surface area contributed by atoms with E-state index >= 15 is 0 Å². The van der Waals surface area contributed by atoms with Gasteiger partial charge in [0.1, 0.15) is 6.33 Å². The van der Waals surface area contributed by atoms with Gasteiger partial charge in [-0.1, -0.05) is 16.8 Å². The minimum Gasteiger partial charge on any atom is -0.332 e. The van der Waals surface area contributed by atoms with Gasteiger partial charge in [-0.2, -0.15) is 10.1 Å². The summed E-state index contributed by atoms with van der Waals surface area (Å²) in [6.45, 7) is 0.976. The maximum Gasteiger partial charge on any atom is 0.278 e. The van der Waals surface area contributed by atoms with Crippen molar-refractivity contribution in [2.75, 3.05) is 0 Å². The zero-order valence-corrected chi connectivity index (χ0v) is 17.0. The predicted molar refractivity (Wildman–Crippen MR) is 111 cm³/mol. The van der Waals surface area contributed by atoms with Gasteiger partial charge in [-0.3, -0.25) is 4.68 Å². The van der Waals surface area contributed by atoms with Crippen molar-refractivity contribution in [3.8, 4) is 28.5 Å². The van der Waals surface area contributed by atoms with Crippen LogP contribution in [0.3, 0.4) is 0 Å². The van der Waals surface area contributed by atoms with Crippen molar-refractivity contribution in [2.24, 2.45) is 5.92 Å². The number of hydrogen-bond donors (Lipinski definition) is 0. The highest BCUT2D eigenvalue weighted by Gasteiger charge is 2.32. The third-order valence-electron chi connectivity index (χ3n) is 6.26. The average molecular weight is 419 g/mol. The minimum absolute atomic E-state index is 0.443. The molecule has 8 heteroatoms. The van der Waals surface area contributed by atoms with E-state index in [2.05, 4.69) is 30.6 Å². The minimum atomic E-state index is 0.443. The summed E-state index contributed by atoms with van der Waals surface area (Å²) in [5.74, 6) is 2.49. The number of nitrogens with zero attached hydrogens (tertiary/aromatic N) is 6. The van der Waals surface area contributed by atoms with Gasteiger partial charge in [0.05, 0.1) is 17.1 Å². The zero-order valence-electron chi connectivity index (χ0n) is 16.3. The maximum absolute atomic E-state index is 6.37. The Morgan fingerprint density at radius 2 is 2.03 bits per heavy atom. The molecule has 1 aliphatic heterocycles. The second kappa shape index (κ2) is 6.04. The number of halogens is 1. The lowest BCUT2D eigenvalue weighted by Crippen LogP contribution is -2.03. The van der Waals surface area contributed by atoms with Crippen molar-refractivity contribution in [3.05, 3.63) is 52.8 Å². The van der Waals surface area contributed by atoms with Crippen LogP contribution in [0.25, 0.3) is 28.5 Å². The highest BCUT2D eigenvalue weighted by molar-refractivity contribution is 6.31. The summed E-state index contributed by atoms with van der Waals surface area (Å²) in [6, 6.07) is 5.94. The van der Waals surface area contributed by atoms with Gasteiger partial charge in [0.25, 0.3) is 5.89 Å². The zero-order chi connectivity index (χ0) is 19.8. The summed E-state index contributed by atoms with van der Waals surface area (Å²) < 4.78 is 9.80. The molecule has 0 radical (unpaired) electrons. The first-order valence-corrected chi connectivity index (χ1v) is 10.9. The number of imidazole rings is 1. The molecular formula is C22H19ClN6O. The number of aromatic nitrogens is 6. The quantitative estimate of drug-likeness (QED) is 0.425. The third-order valence-corrected chi connectivity index (χ3v) is 6.50. The molecule has 3 aromatic heterocycles. The van der Waals surface area contributed by atoms with E-state index in [1.807, 2.05) is 24.5 Å². The van der Waals surface area contributed by atoms with Gasteiger partial charge in [-0.15, -0.1) is 0 Å². The highest BCUT2D eigenvalue weighted by Crippen LogP contribution is 2.41. The van der Waals surface area contributed by atoms with Crippen LogP contribution >= 0.6 is 11.6 Å². The van der Waals surface area contributed by atoms with Crippen molar-refractivity contribution < 1.29 is 4.52 Å². The fraction of sp³-hybridized carbons (Fsp3) is 0.364. The van der Waals surface area contributed by atoms with Crippen molar-refractivity contribution >= 4 is 11.6 Å². The van der Waals surface area contributed by atoms with E-state index in [9.17, 15) is 0 Å². The first-order chi connectivity index (χ1) is 14.7. The Hall–Kier alpha value is -2.93. The lowest BCUT2D eigenvalue weighted by atomic mass is 10.0. The monoisotopic (exact) mass is 418 g/mol. The Morgan fingerprint density at radius 3 is 2.87 bits per heavy atom. The van der Waals surface area contributed by atoms with Crippen molar-refractivity contribution in [3.63, 3.8) is 0 Å². The van der Waals surface area contributed by atoms with Gasteiger partial charge in [0, 0.05) is 41.2 Å². The molecule has 0 N–H and O–H groups in total. The highest BCUT2D eigenvalue weighted by atomic mass is 35.5. The molecule has 1 aromatic carbocycles. The molecular weight excluding hydrogens is 400 g/mol. The Kier molecular flexibility index (Phi) is 3.39. The molecule has 2 fully saturated rings. The van der Waals surface area contributed by atoms with Crippen LogP contribution in [0.2, 0.25) is 5.02 Å². The van der Waals surface area contributed by atoms with Crippen molar-refractivity contribution in [1.82, 2.24) is 29.5 Å². The third kappa shape index (κ3) is 2.65. The topological polar surface area (TPSA) is 74.6 Å². The smallest absolute Gasteiger partial charge is 0.278 e. The van der Waals surface area contributed by atoms with Crippen molar-refractivity contribution in [1.29, 1.82) is 0 Å². The lowest BCUT2D eigenvalue weighted by Gasteiger charge is -2.10. The summed E-state index contributed by atoms with van der Waals surface area (Å²) in [7, 11) is 0. The fourth-order valence-electron chi connectivity index (χ4n) is 4.33. The molecule has 0 saturated heterocycles. The van der Waals surface area contributed by atoms with Crippen LogP contribution < -0.4 is 0 Å². The molecule has 30 heavy (non-hydrogen) atoms. The first-order valence-electron chi connectivity index (χ1n) is 10.5. The lowest BCUT2D eigenvalue weighted by molar-refractivity contribution is 0.421. The number of hydrogen-bond acceptors (Lipinski definition) is 5. The van der Waals surface area contributed by atoms with Gasteiger partial charge >= 0.3 is 0 Å². The summed E-state index contributed by atoms with van der Waals surface area (Å²) in [5.41, 5.74) is 5.99. The van der Waals surface area contributed by atoms with E-state index in [4.69, 9.17) is 21.2 Å². The maximum atomic E-state index is 6.37. The van der Waals surface area contributed by atoms with Gasteiger partial charge in [0.2, 0.25) is 0 Å². The Morgan fingerprint density at radius 1 is 1.13 bits per heavy atom. The molecule has 7 nitrogen and oxygen atoms in total. The molecule has 7 rings (SSSR count). The van der Waals surface area contributed by atoms with Crippen LogP contribution in [0, 0.1) is 5.92 Å². The molecule has 0 amide bonds. The molecule has 4 aromatic rings. The van der Waals surface area contributed by atoms with Gasteiger partial charge in [-0.25, -0.2) is 4.98 Å². The summed E-state index contributed by atoms with van der Waals surface area (Å²) in [5, 5.41) is 9.83. The van der Waals surface area contributed by atoms with E-state index in [1.165, 1.54) is 18.4 Å². The summed E-state index contributed by atoms with van der Waals surface area (Å²) >= 11 is 6.37. The van der Waals surface area contributed by atoms with Crippen LogP contribution in [0.1, 0.15) is 48.7 Å². The molecule has 150 valence electrons. The van der Waals surface area contributed by atoms with E-state index in [0.717, 1.165) is 59.5 Å². The average Bonchev–Trinajstić information content (AvgIpc) is 3.63. The molecule has 3 aliphatic rings. The molecule has 0 unspecified atom stereocenters. The van der Waals surface area contributed by atoms with Crippen LogP contribution in [0.15, 0.2) is 35.2 Å².